The van der Waals surface area contributed by atoms with E-state index in [2.05, 4.69) is 0 Å². The molecule has 0 aliphatic heterocycles. The SMILES string of the molecule is Cc1ccc(OCc2cc3cccc(F)c3s2)cc1. The van der Waals surface area contributed by atoms with Crippen LogP contribution in [0.5, 0.6) is 5.75 Å². The average Bonchev–Trinajstić information content (AvgIpc) is 2.83. The third-order valence-corrected chi connectivity index (χ3v) is 4.08. The van der Waals surface area contributed by atoms with Gasteiger partial charge in [-0.1, -0.05) is 29.8 Å². The van der Waals surface area contributed by atoms with Gasteiger partial charge in [-0.2, -0.15) is 0 Å². The van der Waals surface area contributed by atoms with Gasteiger partial charge in [0.1, 0.15) is 18.2 Å². The topological polar surface area (TPSA) is 9.23 Å². The highest BCUT2D eigenvalue weighted by Gasteiger charge is 2.06. The van der Waals surface area contributed by atoms with Crippen molar-refractivity contribution in [1.82, 2.24) is 0 Å². The van der Waals surface area contributed by atoms with Crippen LogP contribution in [0.1, 0.15) is 10.4 Å². The van der Waals surface area contributed by atoms with Crippen molar-refractivity contribution in [1.29, 1.82) is 0 Å². The quantitative estimate of drug-likeness (QED) is 0.657. The van der Waals surface area contributed by atoms with Gasteiger partial charge in [0.25, 0.3) is 0 Å². The summed E-state index contributed by atoms with van der Waals surface area (Å²) in [5.74, 6) is 0.674. The summed E-state index contributed by atoms with van der Waals surface area (Å²) in [4.78, 5) is 1.03. The molecule has 0 unspecified atom stereocenters. The lowest BCUT2D eigenvalue weighted by Gasteiger charge is -2.04. The van der Waals surface area contributed by atoms with Crippen LogP contribution in [0, 0.1) is 12.7 Å². The molecule has 19 heavy (non-hydrogen) atoms. The van der Waals surface area contributed by atoms with Gasteiger partial charge in [0.2, 0.25) is 0 Å². The van der Waals surface area contributed by atoms with Gasteiger partial charge in [0.05, 0.1) is 4.70 Å². The summed E-state index contributed by atoms with van der Waals surface area (Å²) in [7, 11) is 0. The first-order valence-corrected chi connectivity index (χ1v) is 6.90. The van der Waals surface area contributed by atoms with E-state index < -0.39 is 0 Å². The second kappa shape index (κ2) is 5.02. The van der Waals surface area contributed by atoms with E-state index in [9.17, 15) is 4.39 Å². The Morgan fingerprint density at radius 1 is 1.11 bits per heavy atom. The number of ether oxygens (including phenoxy) is 1. The van der Waals surface area contributed by atoms with Crippen LogP contribution in [-0.4, -0.2) is 0 Å². The molecule has 0 bridgehead atoms. The van der Waals surface area contributed by atoms with Gasteiger partial charge in [-0.3, -0.25) is 0 Å². The Hall–Kier alpha value is -1.87. The van der Waals surface area contributed by atoms with Crippen LogP contribution >= 0.6 is 11.3 Å². The Balaban J connectivity index is 1.78. The van der Waals surface area contributed by atoms with Crippen molar-refractivity contribution in [2.45, 2.75) is 13.5 Å². The summed E-state index contributed by atoms with van der Waals surface area (Å²) in [6, 6.07) is 15.0. The molecule has 0 saturated carbocycles. The molecule has 1 aromatic heterocycles. The van der Waals surface area contributed by atoms with Crippen LogP contribution in [-0.2, 0) is 6.61 Å². The Bertz CT molecular complexity index is 700. The number of hydrogen-bond acceptors (Lipinski definition) is 2. The molecule has 1 heterocycles. The van der Waals surface area contributed by atoms with Crippen LogP contribution in [0.15, 0.2) is 48.5 Å². The summed E-state index contributed by atoms with van der Waals surface area (Å²) in [5.41, 5.74) is 1.20. The lowest BCUT2D eigenvalue weighted by Crippen LogP contribution is -1.92. The van der Waals surface area contributed by atoms with E-state index in [4.69, 9.17) is 4.74 Å². The zero-order valence-electron chi connectivity index (χ0n) is 10.5. The van der Waals surface area contributed by atoms with Crippen molar-refractivity contribution >= 4 is 21.4 Å². The fraction of sp³-hybridized carbons (Fsp3) is 0.125. The van der Waals surface area contributed by atoms with Gasteiger partial charge >= 0.3 is 0 Å². The first-order valence-electron chi connectivity index (χ1n) is 6.09. The Kier molecular flexibility index (Phi) is 3.22. The molecule has 0 aliphatic rings. The molecule has 0 N–H and O–H groups in total. The number of rotatable bonds is 3. The third kappa shape index (κ3) is 2.61. The average molecular weight is 272 g/mol. The molecule has 0 spiro atoms. The smallest absolute Gasteiger partial charge is 0.140 e. The second-order valence-electron chi connectivity index (χ2n) is 4.47. The summed E-state index contributed by atoms with van der Waals surface area (Å²) < 4.78 is 20.0. The number of benzene rings is 2. The maximum atomic E-state index is 13.6. The molecule has 1 nitrogen and oxygen atoms in total. The molecule has 0 atom stereocenters. The zero-order valence-corrected chi connectivity index (χ0v) is 11.3. The highest BCUT2D eigenvalue weighted by Crippen LogP contribution is 2.28. The fourth-order valence-electron chi connectivity index (χ4n) is 1.94. The number of aryl methyl sites for hydroxylation is 1. The standard InChI is InChI=1S/C16H13FOS/c1-11-5-7-13(8-6-11)18-10-14-9-12-3-2-4-15(17)16(12)19-14/h2-9H,10H2,1H3. The van der Waals surface area contributed by atoms with Crippen molar-refractivity contribution < 1.29 is 9.13 Å². The molecule has 0 fully saturated rings. The van der Waals surface area contributed by atoms with Crippen LogP contribution in [0.2, 0.25) is 0 Å². The highest BCUT2D eigenvalue weighted by atomic mass is 32.1. The van der Waals surface area contributed by atoms with Crippen LogP contribution in [0.25, 0.3) is 10.1 Å². The van der Waals surface area contributed by atoms with Crippen LogP contribution < -0.4 is 4.74 Å². The number of hydrogen-bond donors (Lipinski definition) is 0. The van der Waals surface area contributed by atoms with Gasteiger partial charge in [-0.05, 0) is 36.6 Å². The number of thiophene rings is 1. The van der Waals surface area contributed by atoms with Crippen LogP contribution in [0.3, 0.4) is 0 Å². The molecule has 2 aromatic carbocycles. The molecular formula is C16H13FOS. The molecule has 3 rings (SSSR count). The molecule has 0 saturated heterocycles. The second-order valence-corrected chi connectivity index (χ2v) is 5.61. The normalized spacial score (nSPS) is 10.8. The lowest BCUT2D eigenvalue weighted by molar-refractivity contribution is 0.310. The minimum Gasteiger partial charge on any atom is -0.488 e. The Morgan fingerprint density at radius 2 is 1.89 bits per heavy atom. The minimum atomic E-state index is -0.163. The largest absolute Gasteiger partial charge is 0.488 e. The van der Waals surface area contributed by atoms with E-state index in [1.54, 1.807) is 6.07 Å². The van der Waals surface area contributed by atoms with Crippen molar-refractivity contribution in [2.24, 2.45) is 0 Å². The predicted molar refractivity (Wildman–Crippen MR) is 77.3 cm³/mol. The maximum absolute atomic E-state index is 13.6. The van der Waals surface area contributed by atoms with Gasteiger partial charge in [0, 0.05) is 4.88 Å². The first kappa shape index (κ1) is 12.2. The van der Waals surface area contributed by atoms with E-state index >= 15 is 0 Å². The summed E-state index contributed by atoms with van der Waals surface area (Å²) in [6.45, 7) is 2.51. The maximum Gasteiger partial charge on any atom is 0.140 e. The molecule has 0 aliphatic carbocycles. The summed E-state index contributed by atoms with van der Waals surface area (Å²) in [6.07, 6.45) is 0. The Morgan fingerprint density at radius 3 is 2.63 bits per heavy atom. The van der Waals surface area contributed by atoms with E-state index in [0.717, 1.165) is 16.0 Å². The van der Waals surface area contributed by atoms with Crippen molar-refractivity contribution in [2.75, 3.05) is 0 Å². The minimum absolute atomic E-state index is 0.163. The van der Waals surface area contributed by atoms with Gasteiger partial charge in [0.15, 0.2) is 0 Å². The van der Waals surface area contributed by atoms with Crippen molar-refractivity contribution in [3.63, 3.8) is 0 Å². The van der Waals surface area contributed by atoms with Crippen molar-refractivity contribution in [3.8, 4) is 5.75 Å². The molecule has 96 valence electrons. The molecule has 0 radical (unpaired) electrons. The van der Waals surface area contributed by atoms with Gasteiger partial charge in [-0.25, -0.2) is 4.39 Å². The number of halogens is 1. The summed E-state index contributed by atoms with van der Waals surface area (Å²) in [5, 5.41) is 0.938. The molecular weight excluding hydrogens is 259 g/mol. The van der Waals surface area contributed by atoms with E-state index in [-0.39, 0.29) is 5.82 Å². The molecule has 0 amide bonds. The molecule has 3 aromatic rings. The summed E-state index contributed by atoms with van der Waals surface area (Å²) >= 11 is 1.45. The fourth-order valence-corrected chi connectivity index (χ4v) is 2.92. The van der Waals surface area contributed by atoms with Crippen molar-refractivity contribution in [3.05, 3.63) is 64.8 Å². The number of fused-ring (bicyclic) bond motifs is 1. The Labute approximate surface area is 115 Å². The third-order valence-electron chi connectivity index (χ3n) is 2.95. The van der Waals surface area contributed by atoms with Crippen LogP contribution in [0.4, 0.5) is 4.39 Å². The molecule has 3 heteroatoms. The van der Waals surface area contributed by atoms with E-state index in [0.29, 0.717) is 11.3 Å². The lowest BCUT2D eigenvalue weighted by atomic mass is 10.2. The zero-order chi connectivity index (χ0) is 13.2. The van der Waals surface area contributed by atoms with Gasteiger partial charge < -0.3 is 4.74 Å². The monoisotopic (exact) mass is 272 g/mol. The van der Waals surface area contributed by atoms with E-state index in [1.165, 1.54) is 23.0 Å². The highest BCUT2D eigenvalue weighted by molar-refractivity contribution is 7.19. The predicted octanol–water partition coefficient (Wildman–Crippen LogP) is 4.93. The van der Waals surface area contributed by atoms with E-state index in [1.807, 2.05) is 43.3 Å². The first-order chi connectivity index (χ1) is 9.22. The van der Waals surface area contributed by atoms with Gasteiger partial charge in [-0.15, -0.1) is 11.3 Å².